The Bertz CT molecular complexity index is 335. The summed E-state index contributed by atoms with van der Waals surface area (Å²) in [5.74, 6) is 1.46. The van der Waals surface area contributed by atoms with Crippen LogP contribution in [0, 0.1) is 0 Å². The first-order valence-corrected chi connectivity index (χ1v) is 5.10. The van der Waals surface area contributed by atoms with Gasteiger partial charge in [-0.2, -0.15) is 0 Å². The van der Waals surface area contributed by atoms with E-state index in [1.807, 2.05) is 12.1 Å². The third kappa shape index (κ3) is 2.33. The van der Waals surface area contributed by atoms with E-state index in [4.69, 9.17) is 15.2 Å². The lowest BCUT2D eigenvalue weighted by Gasteiger charge is -2.15. The van der Waals surface area contributed by atoms with Gasteiger partial charge in [0, 0.05) is 18.3 Å². The average molecular weight is 208 g/mol. The van der Waals surface area contributed by atoms with Crippen molar-refractivity contribution < 1.29 is 9.47 Å². The molecule has 4 nitrogen and oxygen atoms in total. The van der Waals surface area contributed by atoms with Crippen LogP contribution in [0.4, 0.5) is 5.69 Å². The fourth-order valence-corrected chi connectivity index (χ4v) is 1.69. The van der Waals surface area contributed by atoms with Crippen molar-refractivity contribution in [3.63, 3.8) is 0 Å². The van der Waals surface area contributed by atoms with Gasteiger partial charge in [0.05, 0.1) is 7.11 Å². The maximum atomic E-state index is 5.81. The van der Waals surface area contributed by atoms with Crippen LogP contribution in [0.5, 0.6) is 11.5 Å². The first-order valence-electron chi connectivity index (χ1n) is 5.10. The lowest BCUT2D eigenvalue weighted by molar-refractivity contribution is 0.213. The topological polar surface area (TPSA) is 56.5 Å². The van der Waals surface area contributed by atoms with Gasteiger partial charge in [-0.1, -0.05) is 0 Å². The first-order chi connectivity index (χ1) is 7.29. The lowest BCUT2D eigenvalue weighted by atomic mass is 10.2. The molecule has 1 saturated heterocycles. The van der Waals surface area contributed by atoms with Crippen LogP contribution in [0.2, 0.25) is 0 Å². The Labute approximate surface area is 89.4 Å². The second kappa shape index (κ2) is 4.40. The van der Waals surface area contributed by atoms with Crippen molar-refractivity contribution in [2.45, 2.75) is 12.5 Å². The van der Waals surface area contributed by atoms with Gasteiger partial charge in [-0.05, 0) is 25.1 Å². The summed E-state index contributed by atoms with van der Waals surface area (Å²) >= 11 is 0. The van der Waals surface area contributed by atoms with Gasteiger partial charge in [-0.25, -0.2) is 0 Å². The minimum Gasteiger partial charge on any atom is -0.493 e. The molecule has 0 amide bonds. The summed E-state index contributed by atoms with van der Waals surface area (Å²) in [6.45, 7) is 1.91. The third-order valence-electron chi connectivity index (χ3n) is 2.50. The van der Waals surface area contributed by atoms with Crippen molar-refractivity contribution in [2.24, 2.45) is 0 Å². The molecule has 15 heavy (non-hydrogen) atoms. The normalized spacial score (nSPS) is 20.2. The molecule has 2 rings (SSSR count). The van der Waals surface area contributed by atoms with Gasteiger partial charge in [0.25, 0.3) is 0 Å². The zero-order valence-electron chi connectivity index (χ0n) is 8.82. The molecule has 0 aliphatic carbocycles. The van der Waals surface area contributed by atoms with E-state index >= 15 is 0 Å². The monoisotopic (exact) mass is 208 g/mol. The average Bonchev–Trinajstić information content (AvgIpc) is 2.73. The number of hydrogen-bond acceptors (Lipinski definition) is 4. The largest absolute Gasteiger partial charge is 0.493 e. The van der Waals surface area contributed by atoms with E-state index in [1.54, 1.807) is 13.2 Å². The molecule has 1 aromatic rings. The molecule has 0 spiro atoms. The minimum atomic E-state index is 0.238. The van der Waals surface area contributed by atoms with E-state index in [1.165, 1.54) is 0 Å². The second-order valence-corrected chi connectivity index (χ2v) is 3.64. The summed E-state index contributed by atoms with van der Waals surface area (Å²) in [6.07, 6.45) is 1.27. The molecule has 3 N–H and O–H groups in total. The molecule has 82 valence electrons. The van der Waals surface area contributed by atoms with Crippen LogP contribution in [-0.4, -0.2) is 26.3 Å². The van der Waals surface area contributed by atoms with Crippen LogP contribution in [-0.2, 0) is 0 Å². The number of hydrogen-bond donors (Lipinski definition) is 2. The smallest absolute Gasteiger partial charge is 0.162 e. The van der Waals surface area contributed by atoms with Crippen molar-refractivity contribution in [1.82, 2.24) is 5.32 Å². The van der Waals surface area contributed by atoms with Crippen LogP contribution in [0.25, 0.3) is 0 Å². The van der Waals surface area contributed by atoms with Crippen LogP contribution in [0.3, 0.4) is 0 Å². The lowest BCUT2D eigenvalue weighted by Crippen LogP contribution is -2.19. The van der Waals surface area contributed by atoms with Crippen molar-refractivity contribution >= 4 is 5.69 Å². The Morgan fingerprint density at radius 1 is 1.40 bits per heavy atom. The highest BCUT2D eigenvalue weighted by atomic mass is 16.5. The second-order valence-electron chi connectivity index (χ2n) is 3.64. The molecule has 4 heteroatoms. The number of ether oxygens (including phenoxy) is 2. The van der Waals surface area contributed by atoms with E-state index < -0.39 is 0 Å². The summed E-state index contributed by atoms with van der Waals surface area (Å²) in [6, 6.07) is 5.45. The molecule has 0 saturated carbocycles. The minimum absolute atomic E-state index is 0.238. The number of methoxy groups -OCH3 is 1. The maximum Gasteiger partial charge on any atom is 0.162 e. The summed E-state index contributed by atoms with van der Waals surface area (Å²) in [5, 5.41) is 3.25. The summed E-state index contributed by atoms with van der Waals surface area (Å²) < 4.78 is 11.0. The number of rotatable bonds is 3. The molecule has 0 bridgehead atoms. The van der Waals surface area contributed by atoms with E-state index in [0.29, 0.717) is 11.4 Å². The SMILES string of the molecule is COc1cc(N)ccc1O[C@@H]1CCNC1. The molecule has 1 atom stereocenters. The standard InChI is InChI=1S/C11H16N2O2/c1-14-11-6-8(12)2-3-10(11)15-9-4-5-13-7-9/h2-3,6,9,13H,4-5,7,12H2,1H3/t9-/m1/s1. The number of nitrogens with one attached hydrogen (secondary N) is 1. The third-order valence-corrected chi connectivity index (χ3v) is 2.50. The number of nitrogens with two attached hydrogens (primary N) is 1. The molecule has 1 aliphatic rings. The van der Waals surface area contributed by atoms with Gasteiger partial charge < -0.3 is 20.5 Å². The number of benzene rings is 1. The fraction of sp³-hybridized carbons (Fsp3) is 0.455. The molecular weight excluding hydrogens is 192 g/mol. The molecular formula is C11H16N2O2. The van der Waals surface area contributed by atoms with Gasteiger partial charge >= 0.3 is 0 Å². The van der Waals surface area contributed by atoms with Gasteiger partial charge in [0.15, 0.2) is 11.5 Å². The fourth-order valence-electron chi connectivity index (χ4n) is 1.69. The Hall–Kier alpha value is -1.42. The molecule has 1 aromatic carbocycles. The summed E-state index contributed by atoms with van der Waals surface area (Å²) in [5.41, 5.74) is 6.35. The Morgan fingerprint density at radius 2 is 2.27 bits per heavy atom. The van der Waals surface area contributed by atoms with Crippen molar-refractivity contribution in [2.75, 3.05) is 25.9 Å². The van der Waals surface area contributed by atoms with Crippen molar-refractivity contribution in [3.05, 3.63) is 18.2 Å². The first kappa shape index (κ1) is 10.1. The van der Waals surface area contributed by atoms with E-state index in [-0.39, 0.29) is 6.10 Å². The van der Waals surface area contributed by atoms with Crippen molar-refractivity contribution in [1.29, 1.82) is 0 Å². The highest BCUT2D eigenvalue weighted by Gasteiger charge is 2.17. The molecule has 0 radical (unpaired) electrons. The quantitative estimate of drug-likeness (QED) is 0.728. The zero-order chi connectivity index (χ0) is 10.7. The predicted octanol–water partition coefficient (Wildman–Crippen LogP) is 1.02. The van der Waals surface area contributed by atoms with Crippen molar-refractivity contribution in [3.8, 4) is 11.5 Å². The van der Waals surface area contributed by atoms with E-state index in [2.05, 4.69) is 5.32 Å². The zero-order valence-corrected chi connectivity index (χ0v) is 8.82. The van der Waals surface area contributed by atoms with Crippen LogP contribution >= 0.6 is 0 Å². The van der Waals surface area contributed by atoms with E-state index in [9.17, 15) is 0 Å². The maximum absolute atomic E-state index is 5.81. The molecule has 1 heterocycles. The molecule has 1 aliphatic heterocycles. The Morgan fingerprint density at radius 3 is 2.93 bits per heavy atom. The van der Waals surface area contributed by atoms with Gasteiger partial charge in [0.1, 0.15) is 6.10 Å². The molecule has 1 fully saturated rings. The van der Waals surface area contributed by atoms with E-state index in [0.717, 1.165) is 25.3 Å². The van der Waals surface area contributed by atoms with Crippen LogP contribution < -0.4 is 20.5 Å². The van der Waals surface area contributed by atoms with Crippen LogP contribution in [0.15, 0.2) is 18.2 Å². The predicted molar refractivity (Wildman–Crippen MR) is 59.3 cm³/mol. The Kier molecular flexibility index (Phi) is 2.97. The highest BCUT2D eigenvalue weighted by Crippen LogP contribution is 2.30. The number of nitrogen functional groups attached to an aromatic ring is 1. The number of anilines is 1. The Balaban J connectivity index is 2.12. The molecule has 0 aromatic heterocycles. The summed E-state index contributed by atoms with van der Waals surface area (Å²) in [7, 11) is 1.62. The molecule has 0 unspecified atom stereocenters. The van der Waals surface area contributed by atoms with Gasteiger partial charge in [-0.15, -0.1) is 0 Å². The highest BCUT2D eigenvalue weighted by molar-refractivity contribution is 5.52. The van der Waals surface area contributed by atoms with Gasteiger partial charge in [-0.3, -0.25) is 0 Å². The summed E-state index contributed by atoms with van der Waals surface area (Å²) in [4.78, 5) is 0. The van der Waals surface area contributed by atoms with Crippen LogP contribution in [0.1, 0.15) is 6.42 Å². The van der Waals surface area contributed by atoms with Gasteiger partial charge in [0.2, 0.25) is 0 Å².